The second-order valence-corrected chi connectivity index (χ2v) is 6.86. The topological polar surface area (TPSA) is 57.6 Å². The van der Waals surface area contributed by atoms with E-state index in [0.717, 1.165) is 45.1 Å². The number of piperidine rings is 1. The zero-order chi connectivity index (χ0) is 17.4. The average molecular weight is 331 g/mol. The van der Waals surface area contributed by atoms with Crippen LogP contribution in [0.1, 0.15) is 62.5 Å². The molecule has 1 unspecified atom stereocenters. The van der Waals surface area contributed by atoms with E-state index in [-0.39, 0.29) is 18.4 Å². The standard InChI is InChI=1S/C20H29NO3/c1-16-9-11-17(12-10-16)6-2-3-8-19(22)21-15-5-4-7-18(21)13-14-20(23)24/h9-12,18H,2-8,13-15H2,1H3,(H,23,24). The minimum Gasteiger partial charge on any atom is -0.481 e. The van der Waals surface area contributed by atoms with Gasteiger partial charge in [0.25, 0.3) is 0 Å². The van der Waals surface area contributed by atoms with Crippen LogP contribution in [0.25, 0.3) is 0 Å². The number of unbranched alkanes of at least 4 members (excludes halogenated alkanes) is 1. The van der Waals surface area contributed by atoms with Crippen LogP contribution in [0.2, 0.25) is 0 Å². The molecule has 0 aromatic heterocycles. The summed E-state index contributed by atoms with van der Waals surface area (Å²) in [4.78, 5) is 25.2. The van der Waals surface area contributed by atoms with Crippen molar-refractivity contribution in [3.05, 3.63) is 35.4 Å². The molecule has 1 heterocycles. The van der Waals surface area contributed by atoms with Gasteiger partial charge in [-0.15, -0.1) is 0 Å². The lowest BCUT2D eigenvalue weighted by atomic mass is 9.97. The van der Waals surface area contributed by atoms with Crippen molar-refractivity contribution in [2.45, 2.75) is 70.8 Å². The van der Waals surface area contributed by atoms with Crippen LogP contribution in [-0.2, 0) is 16.0 Å². The van der Waals surface area contributed by atoms with E-state index in [0.29, 0.717) is 12.8 Å². The molecule has 4 heteroatoms. The number of rotatable bonds is 8. The summed E-state index contributed by atoms with van der Waals surface area (Å²) in [6, 6.07) is 8.69. The Hall–Kier alpha value is -1.84. The minimum atomic E-state index is -0.772. The maximum absolute atomic E-state index is 12.5. The molecule has 24 heavy (non-hydrogen) atoms. The Morgan fingerprint density at radius 3 is 2.58 bits per heavy atom. The van der Waals surface area contributed by atoms with Crippen molar-refractivity contribution in [1.29, 1.82) is 0 Å². The van der Waals surface area contributed by atoms with Gasteiger partial charge in [0.15, 0.2) is 0 Å². The van der Waals surface area contributed by atoms with Crippen molar-refractivity contribution in [3.63, 3.8) is 0 Å². The number of hydrogen-bond donors (Lipinski definition) is 1. The minimum absolute atomic E-state index is 0.124. The largest absolute Gasteiger partial charge is 0.481 e. The fourth-order valence-corrected chi connectivity index (χ4v) is 3.42. The zero-order valence-electron chi connectivity index (χ0n) is 14.7. The van der Waals surface area contributed by atoms with Gasteiger partial charge in [0.2, 0.25) is 5.91 Å². The summed E-state index contributed by atoms with van der Waals surface area (Å²) in [5, 5.41) is 8.86. The van der Waals surface area contributed by atoms with E-state index < -0.39 is 5.97 Å². The van der Waals surface area contributed by atoms with Crippen LogP contribution in [0.15, 0.2) is 24.3 Å². The fraction of sp³-hybridized carbons (Fsp3) is 0.600. The first-order valence-corrected chi connectivity index (χ1v) is 9.13. The van der Waals surface area contributed by atoms with Gasteiger partial charge in [0.1, 0.15) is 0 Å². The lowest BCUT2D eigenvalue weighted by Crippen LogP contribution is -2.43. The molecule has 4 nitrogen and oxygen atoms in total. The number of hydrogen-bond acceptors (Lipinski definition) is 2. The van der Waals surface area contributed by atoms with E-state index in [9.17, 15) is 9.59 Å². The van der Waals surface area contributed by atoms with Crippen molar-refractivity contribution in [2.24, 2.45) is 0 Å². The highest BCUT2D eigenvalue weighted by molar-refractivity contribution is 5.76. The number of amides is 1. The molecular formula is C20H29NO3. The molecule has 1 aliphatic heterocycles. The number of likely N-dealkylation sites (tertiary alicyclic amines) is 1. The molecule has 0 bridgehead atoms. The predicted molar refractivity (Wildman–Crippen MR) is 95.0 cm³/mol. The molecule has 1 atom stereocenters. The lowest BCUT2D eigenvalue weighted by Gasteiger charge is -2.35. The van der Waals surface area contributed by atoms with Crippen LogP contribution in [-0.4, -0.2) is 34.5 Å². The number of carboxylic acid groups (broad SMARTS) is 1. The molecule has 2 rings (SSSR count). The van der Waals surface area contributed by atoms with Gasteiger partial charge in [0, 0.05) is 25.4 Å². The van der Waals surface area contributed by atoms with E-state index in [1.54, 1.807) is 0 Å². The molecule has 1 aromatic carbocycles. The molecular weight excluding hydrogens is 302 g/mol. The van der Waals surface area contributed by atoms with Gasteiger partial charge in [-0.05, 0) is 57.4 Å². The summed E-state index contributed by atoms with van der Waals surface area (Å²) in [6.07, 6.45) is 7.33. The molecule has 1 amide bonds. The molecule has 132 valence electrons. The molecule has 1 saturated heterocycles. The first-order valence-electron chi connectivity index (χ1n) is 9.13. The van der Waals surface area contributed by atoms with Gasteiger partial charge in [-0.1, -0.05) is 29.8 Å². The molecule has 0 saturated carbocycles. The Balaban J connectivity index is 1.73. The summed E-state index contributed by atoms with van der Waals surface area (Å²) in [7, 11) is 0. The SMILES string of the molecule is Cc1ccc(CCCCC(=O)N2CCCCC2CCC(=O)O)cc1. The van der Waals surface area contributed by atoms with Crippen LogP contribution in [0.4, 0.5) is 0 Å². The number of aryl methyl sites for hydroxylation is 2. The quantitative estimate of drug-likeness (QED) is 0.734. The summed E-state index contributed by atoms with van der Waals surface area (Å²) >= 11 is 0. The van der Waals surface area contributed by atoms with Crippen LogP contribution in [0.3, 0.4) is 0 Å². The van der Waals surface area contributed by atoms with Crippen LogP contribution in [0.5, 0.6) is 0 Å². The number of carbonyl (C=O) groups excluding carboxylic acids is 1. The van der Waals surface area contributed by atoms with E-state index in [1.807, 2.05) is 4.90 Å². The van der Waals surface area contributed by atoms with Crippen molar-refractivity contribution in [3.8, 4) is 0 Å². The number of carboxylic acids is 1. The van der Waals surface area contributed by atoms with Crippen molar-refractivity contribution in [1.82, 2.24) is 4.90 Å². The molecule has 1 aromatic rings. The highest BCUT2D eigenvalue weighted by Gasteiger charge is 2.26. The summed E-state index contributed by atoms with van der Waals surface area (Å²) in [5.41, 5.74) is 2.59. The second kappa shape index (κ2) is 9.45. The van der Waals surface area contributed by atoms with E-state index in [2.05, 4.69) is 31.2 Å². The molecule has 0 spiro atoms. The third-order valence-corrected chi connectivity index (χ3v) is 4.87. The van der Waals surface area contributed by atoms with Crippen LogP contribution >= 0.6 is 0 Å². The summed E-state index contributed by atoms with van der Waals surface area (Å²) < 4.78 is 0. The summed E-state index contributed by atoms with van der Waals surface area (Å²) in [6.45, 7) is 2.88. The van der Waals surface area contributed by atoms with Crippen molar-refractivity contribution in [2.75, 3.05) is 6.54 Å². The van der Waals surface area contributed by atoms with Gasteiger partial charge < -0.3 is 10.0 Å². The molecule has 1 fully saturated rings. The van der Waals surface area contributed by atoms with Gasteiger partial charge in [-0.25, -0.2) is 0 Å². The number of benzene rings is 1. The van der Waals surface area contributed by atoms with E-state index >= 15 is 0 Å². The lowest BCUT2D eigenvalue weighted by molar-refractivity contribution is -0.140. The van der Waals surface area contributed by atoms with Gasteiger partial charge in [0.05, 0.1) is 0 Å². The monoisotopic (exact) mass is 331 g/mol. The second-order valence-electron chi connectivity index (χ2n) is 6.86. The van der Waals surface area contributed by atoms with Gasteiger partial charge >= 0.3 is 5.97 Å². The van der Waals surface area contributed by atoms with Crippen LogP contribution in [0, 0.1) is 6.92 Å². The van der Waals surface area contributed by atoms with Crippen LogP contribution < -0.4 is 0 Å². The number of nitrogens with zero attached hydrogens (tertiary/aromatic N) is 1. The Kier molecular flexibility index (Phi) is 7.29. The normalized spacial score (nSPS) is 17.7. The Bertz CT molecular complexity index is 538. The van der Waals surface area contributed by atoms with Gasteiger partial charge in [-0.3, -0.25) is 9.59 Å². The first kappa shape index (κ1) is 18.5. The molecule has 0 aliphatic carbocycles. The van der Waals surface area contributed by atoms with Crippen molar-refractivity contribution >= 4 is 11.9 Å². The molecule has 1 N–H and O–H groups in total. The smallest absolute Gasteiger partial charge is 0.303 e. The number of carbonyl (C=O) groups is 2. The summed E-state index contributed by atoms with van der Waals surface area (Å²) in [5.74, 6) is -0.569. The van der Waals surface area contributed by atoms with E-state index in [4.69, 9.17) is 5.11 Å². The first-order chi connectivity index (χ1) is 11.6. The average Bonchev–Trinajstić information content (AvgIpc) is 2.58. The maximum Gasteiger partial charge on any atom is 0.303 e. The Morgan fingerprint density at radius 2 is 1.88 bits per heavy atom. The van der Waals surface area contributed by atoms with Gasteiger partial charge in [-0.2, -0.15) is 0 Å². The molecule has 0 radical (unpaired) electrons. The molecule has 1 aliphatic rings. The fourth-order valence-electron chi connectivity index (χ4n) is 3.42. The Labute approximate surface area is 144 Å². The third-order valence-electron chi connectivity index (χ3n) is 4.87. The highest BCUT2D eigenvalue weighted by Crippen LogP contribution is 2.22. The predicted octanol–water partition coefficient (Wildman–Crippen LogP) is 3.95. The zero-order valence-corrected chi connectivity index (χ0v) is 14.7. The van der Waals surface area contributed by atoms with E-state index in [1.165, 1.54) is 11.1 Å². The highest BCUT2D eigenvalue weighted by atomic mass is 16.4. The third kappa shape index (κ3) is 5.99. The van der Waals surface area contributed by atoms with Crippen molar-refractivity contribution < 1.29 is 14.7 Å². The maximum atomic E-state index is 12.5. The number of aliphatic carboxylic acids is 1. The Morgan fingerprint density at radius 1 is 1.12 bits per heavy atom.